The lowest BCUT2D eigenvalue weighted by Crippen LogP contribution is -2.01. The highest BCUT2D eigenvalue weighted by Crippen LogP contribution is 2.40. The summed E-state index contributed by atoms with van der Waals surface area (Å²) in [6.45, 7) is 8.74. The monoisotopic (exact) mass is 1440 g/mol. The van der Waals surface area contributed by atoms with E-state index in [1.165, 1.54) is 0 Å². The van der Waals surface area contributed by atoms with Gasteiger partial charge >= 0.3 is 0 Å². The van der Waals surface area contributed by atoms with Gasteiger partial charge in [-0.05, 0) is 194 Å². The van der Waals surface area contributed by atoms with Gasteiger partial charge < -0.3 is 18.9 Å². The Kier molecular flexibility index (Phi) is 24.3. The fourth-order valence-electron chi connectivity index (χ4n) is 12.1. The Balaban J connectivity index is 0.000000142. The van der Waals surface area contributed by atoms with Crippen molar-refractivity contribution >= 4 is 23.2 Å². The molecule has 0 N–H and O–H groups in total. The fourth-order valence-corrected chi connectivity index (χ4v) is 12.4. The van der Waals surface area contributed by atoms with Crippen LogP contribution >= 0.6 is 23.2 Å². The maximum atomic E-state index is 9.27. The Labute approximate surface area is 624 Å². The van der Waals surface area contributed by atoms with Crippen LogP contribution < -0.4 is 18.9 Å². The minimum Gasteiger partial charge on any atom is -0.497 e. The number of ether oxygens (including phenoxy) is 4. The van der Waals surface area contributed by atoms with Gasteiger partial charge in [-0.3, -0.25) is 28.7 Å². The molecular weight excluding hydrogens is 1370 g/mol. The first-order valence-corrected chi connectivity index (χ1v) is 34.0. The second kappa shape index (κ2) is 34.9. The molecule has 0 aliphatic heterocycles. The molecule has 0 unspecified atom stereocenters. The minimum atomic E-state index is 0.157. The quantitative estimate of drug-likeness (QED) is 0.0724. The number of hydrogen-bond acceptors (Lipinski definition) is 16. The molecule has 0 amide bonds. The van der Waals surface area contributed by atoms with E-state index < -0.39 is 0 Å². The lowest BCUT2D eigenvalue weighted by atomic mass is 9.99. The van der Waals surface area contributed by atoms with Crippen molar-refractivity contribution in [1.29, 1.82) is 21.0 Å². The van der Waals surface area contributed by atoms with E-state index in [-0.39, 0.29) is 26.2 Å². The first kappa shape index (κ1) is 73.7. The largest absolute Gasteiger partial charge is 0.497 e. The van der Waals surface area contributed by atoms with E-state index in [0.717, 1.165) is 157 Å². The van der Waals surface area contributed by atoms with Crippen LogP contribution in [-0.4, -0.2) is 87.5 Å². The molecule has 106 heavy (non-hydrogen) atoms. The van der Waals surface area contributed by atoms with E-state index in [1.54, 1.807) is 90.3 Å². The molecule has 6 aromatic carbocycles. The normalized spacial score (nSPS) is 10.5. The maximum Gasteiger partial charge on any atom is 0.129 e. The van der Waals surface area contributed by atoms with Gasteiger partial charge in [-0.2, -0.15) is 41.4 Å². The van der Waals surface area contributed by atoms with Crippen LogP contribution in [0.25, 0.3) is 112 Å². The molecule has 0 aliphatic rings. The minimum absolute atomic E-state index is 0.157. The van der Waals surface area contributed by atoms with E-state index in [2.05, 4.69) is 88.9 Å². The Morgan fingerprint density at radius 1 is 0.340 bits per heavy atom. The van der Waals surface area contributed by atoms with Crippen molar-refractivity contribution in [3.63, 3.8) is 0 Å². The molecule has 0 aliphatic carbocycles. The zero-order valence-corrected chi connectivity index (χ0v) is 60.8. The standard InChI is InChI=1S/2C24H20N4O.2C18H15ClN4O/c1-17-12-20(14-21(13-17)29-2)24-22(16-28(27-24)11-9-25)19-8-10-26-23(15-19)18-6-4-3-5-7-18;1-17-12-20(14-21(13-17)29-2)24-22(16-27-28(24)11-9-25)19-8-10-26-23(15-19)18-6-4-3-5-7-18;1-12-7-14(9-15(8-12)24-2)18-16(11-23(22-18)6-4-20)13-3-5-21-17(19)10-13;1-12-7-14(9-15(8-12)24-2)18-16(11-22-23(18)6-4-20)13-3-5-21-17(19)10-13/h2*3-8,10,12-16H,11H2,1-2H3;2*3,5,7-11H,6H2,1-2H3. The van der Waals surface area contributed by atoms with Crippen LogP contribution in [0.2, 0.25) is 10.3 Å². The third kappa shape index (κ3) is 18.0. The summed E-state index contributed by atoms with van der Waals surface area (Å²) in [6, 6.07) is 68.0. The number of aryl methyl sites for hydroxylation is 4. The summed E-state index contributed by atoms with van der Waals surface area (Å²) in [5.74, 6) is 3.07. The number of methoxy groups -OCH3 is 4. The fraction of sp³-hybridized carbons (Fsp3) is 0.143. The van der Waals surface area contributed by atoms with E-state index in [1.807, 2.05) is 192 Å². The van der Waals surface area contributed by atoms with Crippen LogP contribution in [0.3, 0.4) is 0 Å². The zero-order valence-electron chi connectivity index (χ0n) is 59.3. The smallest absolute Gasteiger partial charge is 0.129 e. The molecule has 524 valence electrons. The summed E-state index contributed by atoms with van der Waals surface area (Å²) in [5, 5.41) is 55.4. The molecule has 8 aromatic heterocycles. The number of aromatic nitrogens is 12. The highest BCUT2D eigenvalue weighted by molar-refractivity contribution is 6.30. The van der Waals surface area contributed by atoms with Gasteiger partial charge in [0.05, 0.1) is 87.9 Å². The summed E-state index contributed by atoms with van der Waals surface area (Å²) in [4.78, 5) is 17.1. The second-order valence-electron chi connectivity index (χ2n) is 24.2. The average molecular weight is 1440 g/mol. The van der Waals surface area contributed by atoms with Crippen LogP contribution in [0.4, 0.5) is 0 Å². The first-order chi connectivity index (χ1) is 51.6. The number of hydrogen-bond donors (Lipinski definition) is 0. The third-order valence-corrected chi connectivity index (χ3v) is 17.1. The number of halogens is 2. The number of pyridine rings is 4. The number of nitrogens with zero attached hydrogens (tertiary/aromatic N) is 16. The highest BCUT2D eigenvalue weighted by atomic mass is 35.5. The highest BCUT2D eigenvalue weighted by Gasteiger charge is 2.21. The molecule has 14 rings (SSSR count). The average Bonchev–Trinajstić information content (AvgIpc) is 1.63. The van der Waals surface area contributed by atoms with Crippen LogP contribution in [-0.2, 0) is 26.2 Å². The Hall–Kier alpha value is -13.5. The van der Waals surface area contributed by atoms with Crippen LogP contribution in [0, 0.1) is 73.0 Å². The summed E-state index contributed by atoms with van der Waals surface area (Å²) >= 11 is 12.0. The van der Waals surface area contributed by atoms with Crippen molar-refractivity contribution in [2.75, 3.05) is 28.4 Å². The molecule has 0 spiro atoms. The van der Waals surface area contributed by atoms with E-state index in [9.17, 15) is 5.26 Å². The summed E-state index contributed by atoms with van der Waals surface area (Å²) in [7, 11) is 6.58. The lowest BCUT2D eigenvalue weighted by molar-refractivity contribution is 0.414. The van der Waals surface area contributed by atoms with Crippen LogP contribution in [0.15, 0.2) is 232 Å². The molecule has 0 radical (unpaired) electrons. The van der Waals surface area contributed by atoms with Gasteiger partial charge in [0.2, 0.25) is 0 Å². The second-order valence-corrected chi connectivity index (χ2v) is 25.0. The van der Waals surface area contributed by atoms with Gasteiger partial charge in [0.25, 0.3) is 0 Å². The van der Waals surface area contributed by atoms with Gasteiger partial charge in [-0.1, -0.05) is 83.9 Å². The Bertz CT molecular complexity index is 5480. The lowest BCUT2D eigenvalue weighted by Gasteiger charge is -2.11. The van der Waals surface area contributed by atoms with Crippen molar-refractivity contribution in [2.45, 2.75) is 53.9 Å². The van der Waals surface area contributed by atoms with Crippen molar-refractivity contribution in [2.24, 2.45) is 0 Å². The molecule has 22 heteroatoms. The first-order valence-electron chi connectivity index (χ1n) is 33.3. The number of rotatable bonds is 18. The van der Waals surface area contributed by atoms with Crippen molar-refractivity contribution in [3.8, 4) is 159 Å². The van der Waals surface area contributed by atoms with Crippen molar-refractivity contribution < 1.29 is 18.9 Å². The third-order valence-electron chi connectivity index (χ3n) is 16.7. The summed E-state index contributed by atoms with van der Waals surface area (Å²) < 4.78 is 28.3. The van der Waals surface area contributed by atoms with E-state index >= 15 is 0 Å². The Morgan fingerprint density at radius 3 is 1.01 bits per heavy atom. The van der Waals surface area contributed by atoms with Gasteiger partial charge in [-0.25, -0.2) is 9.97 Å². The molecule has 0 bridgehead atoms. The SMILES string of the molecule is COc1cc(C)cc(-c2c(-c3ccnc(-c4ccccc4)c3)cnn2CC#N)c1.COc1cc(C)cc(-c2c(-c3ccnc(Cl)c3)cnn2CC#N)c1.COc1cc(C)cc(-c2nn(CC#N)cc2-c2ccnc(-c3ccccc3)c2)c1.COc1cc(C)cc(-c2nn(CC#N)cc2-c2ccnc(Cl)c2)c1. The van der Waals surface area contributed by atoms with Gasteiger partial charge in [0.15, 0.2) is 0 Å². The molecule has 0 fully saturated rings. The topological polar surface area (TPSA) is 255 Å². The maximum absolute atomic E-state index is 9.27. The molecule has 0 saturated heterocycles. The predicted molar refractivity (Wildman–Crippen MR) is 412 cm³/mol. The Morgan fingerprint density at radius 2 is 0.660 bits per heavy atom. The van der Waals surface area contributed by atoms with Gasteiger partial charge in [-0.15, -0.1) is 0 Å². The van der Waals surface area contributed by atoms with E-state index in [0.29, 0.717) is 10.3 Å². The number of benzene rings is 6. The van der Waals surface area contributed by atoms with Crippen LogP contribution in [0.1, 0.15) is 22.3 Å². The number of nitriles is 4. The molecule has 8 heterocycles. The van der Waals surface area contributed by atoms with Crippen LogP contribution in [0.5, 0.6) is 23.0 Å². The molecule has 0 atom stereocenters. The summed E-state index contributed by atoms with van der Waals surface area (Å²) in [6.07, 6.45) is 14.2. The van der Waals surface area contributed by atoms with Crippen molar-refractivity contribution in [1.82, 2.24) is 59.1 Å². The molecule has 14 aromatic rings. The van der Waals surface area contributed by atoms with Crippen molar-refractivity contribution in [3.05, 3.63) is 264 Å². The molecular formula is C84H70Cl2N16O4. The summed E-state index contributed by atoms with van der Waals surface area (Å²) in [5.41, 5.74) is 22.7. The molecule has 20 nitrogen and oxygen atoms in total. The van der Waals surface area contributed by atoms with Gasteiger partial charge in [0.1, 0.15) is 70.9 Å². The van der Waals surface area contributed by atoms with E-state index in [4.69, 9.17) is 57.9 Å². The van der Waals surface area contributed by atoms with Gasteiger partial charge in [0, 0.05) is 92.8 Å². The zero-order chi connectivity index (χ0) is 74.6. The predicted octanol–water partition coefficient (Wildman–Crippen LogP) is 18.5. The molecule has 0 saturated carbocycles.